The summed E-state index contributed by atoms with van der Waals surface area (Å²) < 4.78 is 0. The second kappa shape index (κ2) is 7.14. The number of carbonyl (C=O) groups is 1. The zero-order valence-corrected chi connectivity index (χ0v) is 12.0. The first kappa shape index (κ1) is 14.7. The average molecular weight is 277 g/mol. The molecule has 2 amide bonds. The summed E-state index contributed by atoms with van der Waals surface area (Å²) in [6, 6.07) is 10.0. The summed E-state index contributed by atoms with van der Waals surface area (Å²) in [5.41, 5.74) is 1.14. The van der Waals surface area contributed by atoms with Crippen LogP contribution in [0.1, 0.15) is 12.8 Å². The SMILES string of the molecule is CN(CCNC(=O)N1CCCC1CO)c1ccccc1. The molecule has 0 aliphatic carbocycles. The van der Waals surface area contributed by atoms with Gasteiger partial charge in [0, 0.05) is 32.4 Å². The largest absolute Gasteiger partial charge is 0.394 e. The Kier molecular flexibility index (Phi) is 5.24. The van der Waals surface area contributed by atoms with Gasteiger partial charge in [0.25, 0.3) is 0 Å². The monoisotopic (exact) mass is 277 g/mol. The fourth-order valence-corrected chi connectivity index (χ4v) is 2.54. The molecular weight excluding hydrogens is 254 g/mol. The van der Waals surface area contributed by atoms with Crippen LogP contribution in [0.15, 0.2) is 30.3 Å². The maximum absolute atomic E-state index is 12.0. The van der Waals surface area contributed by atoms with Gasteiger partial charge in [-0.2, -0.15) is 0 Å². The molecule has 1 fully saturated rings. The summed E-state index contributed by atoms with van der Waals surface area (Å²) in [7, 11) is 2.01. The molecule has 1 aromatic carbocycles. The van der Waals surface area contributed by atoms with E-state index < -0.39 is 0 Å². The van der Waals surface area contributed by atoms with Gasteiger partial charge in [0.15, 0.2) is 0 Å². The minimum Gasteiger partial charge on any atom is -0.394 e. The Morgan fingerprint density at radius 3 is 2.90 bits per heavy atom. The number of rotatable bonds is 5. The van der Waals surface area contributed by atoms with Crippen LogP contribution in [0.5, 0.6) is 0 Å². The van der Waals surface area contributed by atoms with E-state index >= 15 is 0 Å². The minimum atomic E-state index is -0.0667. The molecule has 1 aliphatic rings. The van der Waals surface area contributed by atoms with Crippen molar-refractivity contribution in [2.75, 3.05) is 38.2 Å². The maximum Gasteiger partial charge on any atom is 0.317 e. The number of hydrogen-bond acceptors (Lipinski definition) is 3. The third-order valence-electron chi connectivity index (χ3n) is 3.77. The van der Waals surface area contributed by atoms with Crippen molar-refractivity contribution >= 4 is 11.7 Å². The standard InChI is InChI=1S/C15H23N3O2/c1-17(13-6-3-2-4-7-13)11-9-16-15(20)18-10-5-8-14(18)12-19/h2-4,6-7,14,19H,5,8-12H2,1H3,(H,16,20). The lowest BCUT2D eigenvalue weighted by atomic mass is 10.2. The van der Waals surface area contributed by atoms with E-state index in [-0.39, 0.29) is 18.7 Å². The number of carbonyl (C=O) groups excluding carboxylic acids is 1. The molecule has 5 nitrogen and oxygen atoms in total. The van der Waals surface area contributed by atoms with Gasteiger partial charge in [0.2, 0.25) is 0 Å². The lowest BCUT2D eigenvalue weighted by Crippen LogP contribution is -2.46. The van der Waals surface area contributed by atoms with Crippen molar-refractivity contribution < 1.29 is 9.90 Å². The van der Waals surface area contributed by atoms with E-state index in [1.165, 1.54) is 0 Å². The Labute approximate surface area is 120 Å². The molecule has 110 valence electrons. The summed E-state index contributed by atoms with van der Waals surface area (Å²) >= 11 is 0. The molecule has 0 spiro atoms. The van der Waals surface area contributed by atoms with Crippen molar-refractivity contribution in [2.45, 2.75) is 18.9 Å². The summed E-state index contributed by atoms with van der Waals surface area (Å²) in [6.07, 6.45) is 1.87. The number of hydrogen-bond donors (Lipinski definition) is 2. The van der Waals surface area contributed by atoms with Crippen LogP contribution in [0.3, 0.4) is 0 Å². The highest BCUT2D eigenvalue weighted by atomic mass is 16.3. The fraction of sp³-hybridized carbons (Fsp3) is 0.533. The second-order valence-electron chi connectivity index (χ2n) is 5.16. The summed E-state index contributed by atoms with van der Waals surface area (Å²) in [4.78, 5) is 15.9. The van der Waals surface area contributed by atoms with Crippen LogP contribution in [-0.4, -0.2) is 55.4 Å². The smallest absolute Gasteiger partial charge is 0.317 e. The quantitative estimate of drug-likeness (QED) is 0.852. The van der Waals surface area contributed by atoms with Crippen molar-refractivity contribution in [1.29, 1.82) is 0 Å². The predicted octanol–water partition coefficient (Wildman–Crippen LogP) is 1.29. The highest BCUT2D eigenvalue weighted by Crippen LogP contribution is 2.16. The van der Waals surface area contributed by atoms with Crippen LogP contribution >= 0.6 is 0 Å². The molecule has 5 heteroatoms. The molecule has 0 bridgehead atoms. The molecule has 1 unspecified atom stereocenters. The summed E-state index contributed by atoms with van der Waals surface area (Å²) in [5, 5.41) is 12.1. The van der Waals surface area contributed by atoms with Crippen molar-refractivity contribution in [1.82, 2.24) is 10.2 Å². The molecule has 0 saturated carbocycles. The van der Waals surface area contributed by atoms with Crippen LogP contribution < -0.4 is 10.2 Å². The molecule has 0 radical (unpaired) electrons. The van der Waals surface area contributed by atoms with E-state index in [4.69, 9.17) is 0 Å². The average Bonchev–Trinajstić information content (AvgIpc) is 2.96. The van der Waals surface area contributed by atoms with Gasteiger partial charge in [-0.25, -0.2) is 4.79 Å². The Morgan fingerprint density at radius 2 is 2.20 bits per heavy atom. The minimum absolute atomic E-state index is 0.0122. The number of aliphatic hydroxyl groups excluding tert-OH is 1. The lowest BCUT2D eigenvalue weighted by Gasteiger charge is -2.24. The zero-order chi connectivity index (χ0) is 14.4. The van der Waals surface area contributed by atoms with E-state index in [0.29, 0.717) is 6.54 Å². The van der Waals surface area contributed by atoms with Crippen LogP contribution in [0, 0.1) is 0 Å². The number of nitrogens with zero attached hydrogens (tertiary/aromatic N) is 2. The first-order chi connectivity index (χ1) is 9.72. The Morgan fingerprint density at radius 1 is 1.45 bits per heavy atom. The number of aliphatic hydroxyl groups is 1. The lowest BCUT2D eigenvalue weighted by molar-refractivity contribution is 0.157. The van der Waals surface area contributed by atoms with Crippen molar-refractivity contribution in [3.63, 3.8) is 0 Å². The number of likely N-dealkylation sites (N-methyl/N-ethyl adjacent to an activating group) is 1. The van der Waals surface area contributed by atoms with Gasteiger partial charge in [-0.15, -0.1) is 0 Å². The van der Waals surface area contributed by atoms with Crippen molar-refractivity contribution in [2.24, 2.45) is 0 Å². The van der Waals surface area contributed by atoms with E-state index in [2.05, 4.69) is 10.2 Å². The number of anilines is 1. The van der Waals surface area contributed by atoms with Gasteiger partial charge in [-0.1, -0.05) is 18.2 Å². The highest BCUT2D eigenvalue weighted by molar-refractivity contribution is 5.74. The molecule has 1 heterocycles. The molecule has 1 atom stereocenters. The first-order valence-electron chi connectivity index (χ1n) is 7.14. The van der Waals surface area contributed by atoms with Crippen LogP contribution in [0.25, 0.3) is 0 Å². The number of urea groups is 1. The molecule has 0 aromatic heterocycles. The predicted molar refractivity (Wildman–Crippen MR) is 79.9 cm³/mol. The van der Waals surface area contributed by atoms with E-state index in [1.54, 1.807) is 4.90 Å². The number of amides is 2. The van der Waals surface area contributed by atoms with E-state index in [0.717, 1.165) is 31.6 Å². The van der Waals surface area contributed by atoms with Crippen molar-refractivity contribution in [3.8, 4) is 0 Å². The Hall–Kier alpha value is -1.75. The zero-order valence-electron chi connectivity index (χ0n) is 12.0. The molecule has 1 aliphatic heterocycles. The number of para-hydroxylation sites is 1. The maximum atomic E-state index is 12.0. The van der Waals surface area contributed by atoms with Crippen LogP contribution in [0.2, 0.25) is 0 Å². The molecule has 2 rings (SSSR count). The third kappa shape index (κ3) is 3.63. The van der Waals surface area contributed by atoms with Gasteiger partial charge in [-0.05, 0) is 25.0 Å². The Bertz CT molecular complexity index is 424. The Balaban J connectivity index is 1.74. The highest BCUT2D eigenvalue weighted by Gasteiger charge is 2.27. The topological polar surface area (TPSA) is 55.8 Å². The number of nitrogens with one attached hydrogen (secondary N) is 1. The van der Waals surface area contributed by atoms with Gasteiger partial charge in [0.1, 0.15) is 0 Å². The molecule has 1 saturated heterocycles. The molecule has 20 heavy (non-hydrogen) atoms. The van der Waals surface area contributed by atoms with Gasteiger partial charge >= 0.3 is 6.03 Å². The number of benzene rings is 1. The fourth-order valence-electron chi connectivity index (χ4n) is 2.54. The van der Waals surface area contributed by atoms with Crippen molar-refractivity contribution in [3.05, 3.63) is 30.3 Å². The summed E-state index contributed by atoms with van der Waals surface area (Å²) in [5.74, 6) is 0. The number of likely N-dealkylation sites (tertiary alicyclic amines) is 1. The van der Waals surface area contributed by atoms with Gasteiger partial charge < -0.3 is 20.2 Å². The summed E-state index contributed by atoms with van der Waals surface area (Å²) in [6.45, 7) is 2.15. The molecular formula is C15H23N3O2. The van der Waals surface area contributed by atoms with Gasteiger partial charge in [0.05, 0.1) is 12.6 Å². The third-order valence-corrected chi connectivity index (χ3v) is 3.77. The van der Waals surface area contributed by atoms with E-state index in [1.807, 2.05) is 37.4 Å². The van der Waals surface area contributed by atoms with Crippen LogP contribution in [0.4, 0.5) is 10.5 Å². The second-order valence-corrected chi connectivity index (χ2v) is 5.16. The first-order valence-corrected chi connectivity index (χ1v) is 7.14. The van der Waals surface area contributed by atoms with E-state index in [9.17, 15) is 9.90 Å². The molecule has 1 aromatic rings. The molecule has 2 N–H and O–H groups in total. The van der Waals surface area contributed by atoms with Crippen LogP contribution in [-0.2, 0) is 0 Å². The normalized spacial score (nSPS) is 18.1. The van der Waals surface area contributed by atoms with Gasteiger partial charge in [-0.3, -0.25) is 0 Å².